The molecule has 1 aromatic carbocycles. The van der Waals surface area contributed by atoms with Crippen LogP contribution >= 0.6 is 0 Å². The first kappa shape index (κ1) is 7.54. The van der Waals surface area contributed by atoms with Gasteiger partial charge in [-0.2, -0.15) is 0 Å². The minimum atomic E-state index is 1.24. The number of fused-ring (bicyclic) bond motifs is 3. The highest BCUT2D eigenvalue weighted by Gasteiger charge is 2.18. The van der Waals surface area contributed by atoms with E-state index in [2.05, 4.69) is 48.0 Å². The van der Waals surface area contributed by atoms with Gasteiger partial charge in [0, 0.05) is 18.5 Å². The summed E-state index contributed by atoms with van der Waals surface area (Å²) in [5.41, 5.74) is 3.83. The summed E-state index contributed by atoms with van der Waals surface area (Å²) in [6.07, 6.45) is 9.24. The number of rotatable bonds is 0. The van der Waals surface area contributed by atoms with Crippen molar-refractivity contribution in [3.8, 4) is 0 Å². The molecule has 0 unspecified atom stereocenters. The molecule has 1 nitrogen and oxygen atoms in total. The first-order chi connectivity index (χ1) is 6.88. The molecule has 0 saturated carbocycles. The van der Waals surface area contributed by atoms with Crippen molar-refractivity contribution in [2.75, 3.05) is 0 Å². The maximum atomic E-state index is 3.12. The Labute approximate surface area is 83.0 Å². The van der Waals surface area contributed by atoms with Crippen molar-refractivity contribution in [2.24, 2.45) is 7.05 Å². The van der Waals surface area contributed by atoms with Crippen molar-refractivity contribution in [1.29, 1.82) is 0 Å². The fourth-order valence-corrected chi connectivity index (χ4v) is 2.05. The largest absolute Gasteiger partial charge is 0.291 e. The molecule has 0 saturated heterocycles. The van der Waals surface area contributed by atoms with Gasteiger partial charge in [-0.25, -0.2) is 0 Å². The molecule has 14 heavy (non-hydrogen) atoms. The minimum Gasteiger partial charge on any atom is -0.291 e. The Hall–Kier alpha value is -1.85. The van der Waals surface area contributed by atoms with Crippen LogP contribution in [-0.4, -0.2) is 4.57 Å². The number of nitrogens with zero attached hydrogens (tertiary/aromatic N) is 1. The molecule has 0 bridgehead atoms. The highest BCUT2D eigenvalue weighted by molar-refractivity contribution is 5.94. The molecule has 1 aliphatic carbocycles. The van der Waals surface area contributed by atoms with E-state index in [-0.39, 0.29) is 0 Å². The van der Waals surface area contributed by atoms with Gasteiger partial charge in [-0.1, -0.05) is 12.1 Å². The Kier molecular flexibility index (Phi) is 1.38. The molecule has 0 fully saturated rings. The summed E-state index contributed by atoms with van der Waals surface area (Å²) < 4.78 is 2.21. The van der Waals surface area contributed by atoms with Crippen molar-refractivity contribution in [2.45, 2.75) is 0 Å². The number of para-hydroxylation sites is 1. The van der Waals surface area contributed by atoms with Crippen LogP contribution < -0.4 is 0 Å². The molecule has 3 rings (SSSR count). The van der Waals surface area contributed by atoms with E-state index < -0.39 is 0 Å². The number of benzene rings is 1. The van der Waals surface area contributed by atoms with Gasteiger partial charge >= 0.3 is 0 Å². The first-order valence-corrected chi connectivity index (χ1v) is 4.71. The molecule has 0 amide bonds. The zero-order valence-corrected chi connectivity index (χ0v) is 7.99. The van der Waals surface area contributed by atoms with Gasteiger partial charge in [0.15, 0.2) is 5.69 Å². The Morgan fingerprint density at radius 3 is 3.00 bits per heavy atom. The average molecular weight is 180 g/mol. The van der Waals surface area contributed by atoms with Crippen molar-refractivity contribution in [3.05, 3.63) is 47.7 Å². The Bertz CT molecular complexity index is 556. The smallest absolute Gasteiger partial charge is 0.161 e. The minimum absolute atomic E-state index is 1.24. The summed E-state index contributed by atoms with van der Waals surface area (Å²) in [5, 5.41) is 1.32. The molecule has 2 aromatic rings. The summed E-state index contributed by atoms with van der Waals surface area (Å²) in [7, 11) is 2.10. The van der Waals surface area contributed by atoms with Crippen LogP contribution in [0.2, 0.25) is 0 Å². The molecule has 66 valence electrons. The lowest BCUT2D eigenvalue weighted by Gasteiger charge is -1.93. The topological polar surface area (TPSA) is 4.93 Å². The fourth-order valence-electron chi connectivity index (χ4n) is 2.05. The predicted octanol–water partition coefficient (Wildman–Crippen LogP) is 3.02. The summed E-state index contributed by atoms with van der Waals surface area (Å²) in [6.45, 7) is 0. The standard InChI is InChI=1S/C13H10N/c1-14-12-8-4-2-6-10(12)11-7-3-5-9-13(11)14/h2-4,6-9H,1H3/q+1. The summed E-state index contributed by atoms with van der Waals surface area (Å²) in [6, 6.07) is 8.47. The van der Waals surface area contributed by atoms with Gasteiger partial charge in [-0.15, -0.1) is 0 Å². The third-order valence-electron chi connectivity index (χ3n) is 2.76. The molecular formula is C13H10N+. The van der Waals surface area contributed by atoms with Gasteiger partial charge in [-0.05, 0) is 12.1 Å². The van der Waals surface area contributed by atoms with E-state index in [0.29, 0.717) is 0 Å². The molecule has 0 radical (unpaired) electrons. The van der Waals surface area contributed by atoms with E-state index in [4.69, 9.17) is 0 Å². The molecule has 1 aliphatic rings. The number of hydrogen-bond donors (Lipinski definition) is 0. The van der Waals surface area contributed by atoms with E-state index in [1.165, 1.54) is 22.2 Å². The van der Waals surface area contributed by atoms with Crippen LogP contribution in [0, 0.1) is 6.08 Å². The highest BCUT2D eigenvalue weighted by Crippen LogP contribution is 2.28. The van der Waals surface area contributed by atoms with Crippen molar-refractivity contribution >= 4 is 23.1 Å². The van der Waals surface area contributed by atoms with Gasteiger partial charge in [0.05, 0.1) is 11.6 Å². The Morgan fingerprint density at radius 1 is 1.21 bits per heavy atom. The average Bonchev–Trinajstić information content (AvgIpc) is 2.55. The second-order valence-corrected chi connectivity index (χ2v) is 3.52. The molecular weight excluding hydrogens is 170 g/mol. The fraction of sp³-hybridized carbons (Fsp3) is 0.0769. The molecule has 1 aromatic heterocycles. The van der Waals surface area contributed by atoms with E-state index >= 15 is 0 Å². The van der Waals surface area contributed by atoms with E-state index in [1.807, 2.05) is 12.2 Å². The molecule has 0 aliphatic heterocycles. The van der Waals surface area contributed by atoms with Gasteiger partial charge in [0.2, 0.25) is 0 Å². The zero-order chi connectivity index (χ0) is 9.54. The lowest BCUT2D eigenvalue weighted by molar-refractivity contribution is 0.952. The lowest BCUT2D eigenvalue weighted by Crippen LogP contribution is -1.91. The molecule has 0 atom stereocenters. The SMILES string of the molecule is Cn1c2c(c3ccccc31)C=C[C+]=C2. The molecule has 1 heteroatoms. The summed E-state index contributed by atoms with van der Waals surface area (Å²) >= 11 is 0. The molecule has 1 heterocycles. The van der Waals surface area contributed by atoms with Crippen LogP contribution in [0.15, 0.2) is 30.3 Å². The van der Waals surface area contributed by atoms with E-state index in [0.717, 1.165) is 0 Å². The Balaban J connectivity index is 2.54. The van der Waals surface area contributed by atoms with Crippen LogP contribution in [-0.2, 0) is 7.05 Å². The van der Waals surface area contributed by atoms with Gasteiger partial charge in [0.1, 0.15) is 17.7 Å². The predicted molar refractivity (Wildman–Crippen MR) is 59.7 cm³/mol. The van der Waals surface area contributed by atoms with E-state index in [9.17, 15) is 0 Å². The van der Waals surface area contributed by atoms with Crippen LogP contribution in [0.25, 0.3) is 23.1 Å². The molecule has 0 N–H and O–H groups in total. The van der Waals surface area contributed by atoms with Crippen molar-refractivity contribution < 1.29 is 0 Å². The van der Waals surface area contributed by atoms with Crippen LogP contribution in [0.4, 0.5) is 0 Å². The number of aryl methyl sites for hydroxylation is 1. The third kappa shape index (κ3) is 0.822. The number of allylic oxidation sites excluding steroid dienone is 2. The van der Waals surface area contributed by atoms with Crippen molar-refractivity contribution in [3.63, 3.8) is 0 Å². The maximum Gasteiger partial charge on any atom is 0.161 e. The van der Waals surface area contributed by atoms with Gasteiger partial charge in [0.25, 0.3) is 0 Å². The summed E-state index contributed by atoms with van der Waals surface area (Å²) in [5.74, 6) is 0. The zero-order valence-electron chi connectivity index (χ0n) is 7.99. The summed E-state index contributed by atoms with van der Waals surface area (Å²) in [4.78, 5) is 0. The second-order valence-electron chi connectivity index (χ2n) is 3.52. The number of aromatic nitrogens is 1. The Morgan fingerprint density at radius 2 is 2.07 bits per heavy atom. The van der Waals surface area contributed by atoms with E-state index in [1.54, 1.807) is 0 Å². The van der Waals surface area contributed by atoms with Crippen LogP contribution in [0.5, 0.6) is 0 Å². The third-order valence-corrected chi connectivity index (χ3v) is 2.76. The van der Waals surface area contributed by atoms with Crippen LogP contribution in [0.1, 0.15) is 11.3 Å². The molecule has 0 spiro atoms. The normalized spacial score (nSPS) is 12.9. The second kappa shape index (κ2) is 2.57. The quantitative estimate of drug-likeness (QED) is 0.549. The number of hydrogen-bond acceptors (Lipinski definition) is 0. The van der Waals surface area contributed by atoms with Gasteiger partial charge < -0.3 is 0 Å². The highest BCUT2D eigenvalue weighted by atomic mass is 14.9. The van der Waals surface area contributed by atoms with Gasteiger partial charge in [-0.3, -0.25) is 4.57 Å². The first-order valence-electron chi connectivity index (χ1n) is 4.71. The maximum absolute atomic E-state index is 3.12. The lowest BCUT2D eigenvalue weighted by atomic mass is 10.1. The van der Waals surface area contributed by atoms with Crippen LogP contribution in [0.3, 0.4) is 0 Å². The van der Waals surface area contributed by atoms with Crippen molar-refractivity contribution in [1.82, 2.24) is 4.57 Å². The monoisotopic (exact) mass is 180 g/mol.